The SMILES string of the molecule is CCC(CC)N(CCO)C(=O)c1ccc(Cl)c(Cl)c1. The Bertz CT molecular complexity index is 433. The number of nitrogens with zero attached hydrogens (tertiary/aromatic N) is 1. The predicted octanol–water partition coefficient (Wildman–Crippen LogP) is 3.62. The summed E-state index contributed by atoms with van der Waals surface area (Å²) in [6.45, 7) is 4.33. The normalized spacial score (nSPS) is 10.8. The van der Waals surface area contributed by atoms with Crippen molar-refractivity contribution < 1.29 is 9.90 Å². The molecule has 0 fully saturated rings. The fourth-order valence-electron chi connectivity index (χ4n) is 2.08. The van der Waals surface area contributed by atoms with E-state index in [9.17, 15) is 4.79 Å². The number of hydrogen-bond donors (Lipinski definition) is 1. The molecule has 1 N–H and O–H groups in total. The molecule has 1 aromatic rings. The molecular formula is C14H19Cl2NO2. The van der Waals surface area contributed by atoms with Crippen LogP contribution in [0, 0.1) is 0 Å². The fraction of sp³-hybridized carbons (Fsp3) is 0.500. The zero-order valence-corrected chi connectivity index (χ0v) is 12.7. The van der Waals surface area contributed by atoms with E-state index in [1.54, 1.807) is 23.1 Å². The monoisotopic (exact) mass is 303 g/mol. The van der Waals surface area contributed by atoms with Gasteiger partial charge in [-0.05, 0) is 31.0 Å². The van der Waals surface area contributed by atoms with Gasteiger partial charge in [-0.25, -0.2) is 0 Å². The van der Waals surface area contributed by atoms with Crippen LogP contribution in [0.5, 0.6) is 0 Å². The summed E-state index contributed by atoms with van der Waals surface area (Å²) in [6.07, 6.45) is 1.70. The Labute approximate surface area is 124 Å². The van der Waals surface area contributed by atoms with E-state index in [1.165, 1.54) is 0 Å². The fourth-order valence-corrected chi connectivity index (χ4v) is 2.38. The van der Waals surface area contributed by atoms with Crippen LogP contribution in [0.4, 0.5) is 0 Å². The molecular weight excluding hydrogens is 285 g/mol. The van der Waals surface area contributed by atoms with E-state index < -0.39 is 0 Å². The molecule has 0 radical (unpaired) electrons. The van der Waals surface area contributed by atoms with Crippen molar-refractivity contribution in [1.82, 2.24) is 4.90 Å². The van der Waals surface area contributed by atoms with E-state index >= 15 is 0 Å². The summed E-state index contributed by atoms with van der Waals surface area (Å²) in [5, 5.41) is 9.92. The van der Waals surface area contributed by atoms with Crippen molar-refractivity contribution in [2.75, 3.05) is 13.2 Å². The van der Waals surface area contributed by atoms with Crippen molar-refractivity contribution in [3.05, 3.63) is 33.8 Å². The number of amides is 1. The van der Waals surface area contributed by atoms with Gasteiger partial charge in [0.15, 0.2) is 0 Å². The Morgan fingerprint density at radius 3 is 2.37 bits per heavy atom. The molecule has 0 saturated carbocycles. The van der Waals surface area contributed by atoms with E-state index in [2.05, 4.69) is 0 Å². The lowest BCUT2D eigenvalue weighted by atomic mass is 10.1. The van der Waals surface area contributed by atoms with Gasteiger partial charge < -0.3 is 10.0 Å². The molecule has 0 aliphatic rings. The van der Waals surface area contributed by atoms with Gasteiger partial charge in [-0.3, -0.25) is 4.79 Å². The second kappa shape index (κ2) is 7.73. The molecule has 0 heterocycles. The number of benzene rings is 1. The molecule has 0 aliphatic heterocycles. The maximum Gasteiger partial charge on any atom is 0.254 e. The van der Waals surface area contributed by atoms with Crippen LogP contribution in [0.1, 0.15) is 37.0 Å². The molecule has 1 rings (SSSR count). The van der Waals surface area contributed by atoms with Crippen LogP contribution < -0.4 is 0 Å². The number of halogens is 2. The van der Waals surface area contributed by atoms with E-state index in [0.717, 1.165) is 12.8 Å². The number of hydrogen-bond acceptors (Lipinski definition) is 2. The summed E-state index contributed by atoms with van der Waals surface area (Å²) in [6, 6.07) is 4.96. The molecule has 19 heavy (non-hydrogen) atoms. The zero-order chi connectivity index (χ0) is 14.4. The smallest absolute Gasteiger partial charge is 0.254 e. The van der Waals surface area contributed by atoms with Crippen LogP contribution in [-0.2, 0) is 0 Å². The molecule has 106 valence electrons. The van der Waals surface area contributed by atoms with E-state index in [0.29, 0.717) is 22.2 Å². The van der Waals surface area contributed by atoms with Crippen molar-refractivity contribution in [3.8, 4) is 0 Å². The summed E-state index contributed by atoms with van der Waals surface area (Å²) in [4.78, 5) is 14.2. The van der Waals surface area contributed by atoms with Gasteiger partial charge in [0.2, 0.25) is 0 Å². The van der Waals surface area contributed by atoms with Gasteiger partial charge in [-0.1, -0.05) is 37.0 Å². The van der Waals surface area contributed by atoms with Gasteiger partial charge in [-0.2, -0.15) is 0 Å². The molecule has 5 heteroatoms. The van der Waals surface area contributed by atoms with Crippen LogP contribution in [0.15, 0.2) is 18.2 Å². The minimum Gasteiger partial charge on any atom is -0.395 e. The average Bonchev–Trinajstić information content (AvgIpc) is 2.41. The lowest BCUT2D eigenvalue weighted by Crippen LogP contribution is -2.41. The van der Waals surface area contributed by atoms with Gasteiger partial charge in [0, 0.05) is 18.2 Å². The van der Waals surface area contributed by atoms with Crippen LogP contribution in [-0.4, -0.2) is 35.1 Å². The van der Waals surface area contributed by atoms with Crippen molar-refractivity contribution in [3.63, 3.8) is 0 Å². The van der Waals surface area contributed by atoms with Crippen molar-refractivity contribution in [2.45, 2.75) is 32.7 Å². The first kappa shape index (κ1) is 16.3. The van der Waals surface area contributed by atoms with Gasteiger partial charge in [0.05, 0.1) is 16.7 Å². The zero-order valence-electron chi connectivity index (χ0n) is 11.2. The molecule has 0 aromatic heterocycles. The molecule has 1 amide bonds. The molecule has 0 unspecified atom stereocenters. The van der Waals surface area contributed by atoms with Crippen LogP contribution >= 0.6 is 23.2 Å². The van der Waals surface area contributed by atoms with E-state index in [4.69, 9.17) is 28.3 Å². The number of aliphatic hydroxyl groups is 1. The van der Waals surface area contributed by atoms with Gasteiger partial charge >= 0.3 is 0 Å². The average molecular weight is 304 g/mol. The van der Waals surface area contributed by atoms with Crippen molar-refractivity contribution in [1.29, 1.82) is 0 Å². The quantitative estimate of drug-likeness (QED) is 0.872. The highest BCUT2D eigenvalue weighted by atomic mass is 35.5. The molecule has 1 aromatic carbocycles. The summed E-state index contributed by atoms with van der Waals surface area (Å²) in [5.41, 5.74) is 0.495. The summed E-state index contributed by atoms with van der Waals surface area (Å²) < 4.78 is 0. The largest absolute Gasteiger partial charge is 0.395 e. The second-order valence-electron chi connectivity index (χ2n) is 4.32. The molecule has 3 nitrogen and oxygen atoms in total. The van der Waals surface area contributed by atoms with E-state index in [-0.39, 0.29) is 18.6 Å². The summed E-state index contributed by atoms with van der Waals surface area (Å²) >= 11 is 11.8. The molecule has 0 saturated heterocycles. The second-order valence-corrected chi connectivity index (χ2v) is 5.14. The molecule has 0 bridgehead atoms. The van der Waals surface area contributed by atoms with Crippen molar-refractivity contribution in [2.24, 2.45) is 0 Å². The number of aliphatic hydroxyl groups excluding tert-OH is 1. The maximum atomic E-state index is 12.5. The minimum atomic E-state index is -0.124. The van der Waals surface area contributed by atoms with E-state index in [1.807, 2.05) is 13.8 Å². The Kier molecular flexibility index (Phi) is 6.63. The first-order valence-corrected chi connectivity index (χ1v) is 7.17. The van der Waals surface area contributed by atoms with Gasteiger partial charge in [0.1, 0.15) is 0 Å². The third kappa shape index (κ3) is 4.10. The highest BCUT2D eigenvalue weighted by Gasteiger charge is 2.22. The lowest BCUT2D eigenvalue weighted by Gasteiger charge is -2.30. The Morgan fingerprint density at radius 2 is 1.89 bits per heavy atom. The highest BCUT2D eigenvalue weighted by molar-refractivity contribution is 6.42. The van der Waals surface area contributed by atoms with Crippen LogP contribution in [0.2, 0.25) is 10.0 Å². The third-order valence-electron chi connectivity index (χ3n) is 3.15. The molecule has 0 aliphatic carbocycles. The van der Waals surface area contributed by atoms with Gasteiger partial charge in [0.25, 0.3) is 5.91 Å². The summed E-state index contributed by atoms with van der Waals surface area (Å²) in [5.74, 6) is -0.124. The third-order valence-corrected chi connectivity index (χ3v) is 3.89. The number of carbonyl (C=O) groups is 1. The van der Waals surface area contributed by atoms with Gasteiger partial charge in [-0.15, -0.1) is 0 Å². The first-order valence-electron chi connectivity index (χ1n) is 6.42. The maximum absolute atomic E-state index is 12.5. The predicted molar refractivity (Wildman–Crippen MR) is 79.0 cm³/mol. The Balaban J connectivity index is 3.01. The van der Waals surface area contributed by atoms with Crippen molar-refractivity contribution >= 4 is 29.1 Å². The standard InChI is InChI=1S/C14H19Cl2NO2/c1-3-11(4-2)17(7-8-18)14(19)10-5-6-12(15)13(16)9-10/h5-6,9,11,18H,3-4,7-8H2,1-2H3. The Hall–Kier alpha value is -0.770. The molecule has 0 atom stereocenters. The highest BCUT2D eigenvalue weighted by Crippen LogP contribution is 2.24. The number of rotatable bonds is 6. The Morgan fingerprint density at radius 1 is 1.26 bits per heavy atom. The van der Waals surface area contributed by atoms with Crippen LogP contribution in [0.25, 0.3) is 0 Å². The number of carbonyl (C=O) groups excluding carboxylic acids is 1. The topological polar surface area (TPSA) is 40.5 Å². The molecule has 0 spiro atoms. The lowest BCUT2D eigenvalue weighted by molar-refractivity contribution is 0.0622. The summed E-state index contributed by atoms with van der Waals surface area (Å²) in [7, 11) is 0. The first-order chi connectivity index (χ1) is 9.04. The van der Waals surface area contributed by atoms with Crippen LogP contribution in [0.3, 0.4) is 0 Å². The minimum absolute atomic E-state index is 0.0520.